The maximum absolute atomic E-state index is 13.0. The summed E-state index contributed by atoms with van der Waals surface area (Å²) in [4.78, 5) is 26.0. The number of thiophene rings is 2. The summed E-state index contributed by atoms with van der Waals surface area (Å²) in [5, 5.41) is 7.25. The number of hydrogen-bond acceptors (Lipinski definition) is 6. The predicted octanol–water partition coefficient (Wildman–Crippen LogP) is 5.85. The minimum Gasteiger partial charge on any atom is -0.454 e. The highest BCUT2D eigenvalue weighted by atomic mass is 32.1. The monoisotopic (exact) mass is 458 g/mol. The minimum atomic E-state index is -0.611. The fraction of sp³-hybridized carbons (Fsp3) is 0.154. The van der Waals surface area contributed by atoms with E-state index in [1.54, 1.807) is 22.9 Å². The predicted molar refractivity (Wildman–Crippen MR) is 124 cm³/mol. The van der Waals surface area contributed by atoms with Crippen molar-refractivity contribution in [3.05, 3.63) is 116 Å². The average Bonchev–Trinajstić information content (AvgIpc) is 3.55. The van der Waals surface area contributed by atoms with E-state index in [0.717, 1.165) is 22.3 Å². The second-order valence-electron chi connectivity index (χ2n) is 7.98. The molecule has 7 rings (SSSR count). The molecule has 4 aromatic rings. The first-order valence-electron chi connectivity index (χ1n) is 10.4. The number of esters is 2. The maximum Gasteiger partial charge on any atom is 0.339 e. The van der Waals surface area contributed by atoms with Crippen LogP contribution in [0.3, 0.4) is 0 Å². The molecule has 3 aliphatic carbocycles. The van der Waals surface area contributed by atoms with E-state index in [4.69, 9.17) is 9.47 Å². The first kappa shape index (κ1) is 19.5. The third kappa shape index (κ3) is 3.02. The van der Waals surface area contributed by atoms with E-state index < -0.39 is 24.1 Å². The van der Waals surface area contributed by atoms with E-state index in [9.17, 15) is 9.59 Å². The van der Waals surface area contributed by atoms with Gasteiger partial charge < -0.3 is 9.47 Å². The van der Waals surface area contributed by atoms with Crippen LogP contribution in [-0.2, 0) is 9.47 Å². The van der Waals surface area contributed by atoms with Gasteiger partial charge in [0.25, 0.3) is 0 Å². The fourth-order valence-corrected chi connectivity index (χ4v) is 6.24. The first-order valence-corrected chi connectivity index (χ1v) is 12.2. The SMILES string of the molecule is O=C(OC1C2c3ccccc3C(c3ccccc32)C1OC(=O)c1ccsc1)c1ccsc1. The molecule has 2 atom stereocenters. The molecule has 32 heavy (non-hydrogen) atoms. The normalized spacial score (nSPS) is 22.6. The van der Waals surface area contributed by atoms with Gasteiger partial charge in [-0.05, 0) is 45.1 Å². The van der Waals surface area contributed by atoms with Gasteiger partial charge in [-0.1, -0.05) is 48.5 Å². The summed E-state index contributed by atoms with van der Waals surface area (Å²) in [6, 6.07) is 19.9. The maximum atomic E-state index is 13.0. The van der Waals surface area contributed by atoms with E-state index in [1.165, 1.54) is 22.7 Å². The molecule has 0 saturated heterocycles. The third-order valence-electron chi connectivity index (χ3n) is 6.31. The second-order valence-corrected chi connectivity index (χ2v) is 9.54. The van der Waals surface area contributed by atoms with E-state index in [1.807, 2.05) is 35.0 Å². The average molecular weight is 459 g/mol. The van der Waals surface area contributed by atoms with Gasteiger partial charge in [-0.3, -0.25) is 0 Å². The number of rotatable bonds is 4. The number of fused-ring (bicyclic) bond motifs is 1. The topological polar surface area (TPSA) is 52.6 Å². The van der Waals surface area contributed by atoms with Crippen LogP contribution >= 0.6 is 22.7 Å². The Balaban J connectivity index is 1.47. The highest BCUT2D eigenvalue weighted by Crippen LogP contribution is 2.54. The molecule has 0 aliphatic heterocycles. The molecule has 0 saturated carbocycles. The molecule has 3 aliphatic rings. The molecule has 4 nitrogen and oxygen atoms in total. The standard InChI is InChI=1S/C26H18O4S2/c27-25(15-9-11-31-13-15)29-23-21-17-5-1-2-6-18(17)22(20-8-4-3-7-19(20)21)24(23)30-26(28)16-10-12-32-14-16/h1-14,21-24H. The van der Waals surface area contributed by atoms with Crippen LogP contribution in [0.25, 0.3) is 0 Å². The Morgan fingerprint density at radius 1 is 0.594 bits per heavy atom. The fourth-order valence-electron chi connectivity index (χ4n) is 4.99. The van der Waals surface area contributed by atoms with Gasteiger partial charge in [-0.2, -0.15) is 22.7 Å². The quantitative estimate of drug-likeness (QED) is 0.360. The van der Waals surface area contributed by atoms with Gasteiger partial charge >= 0.3 is 11.9 Å². The molecule has 2 aromatic heterocycles. The summed E-state index contributed by atoms with van der Waals surface area (Å²) < 4.78 is 12.2. The van der Waals surface area contributed by atoms with Crippen LogP contribution in [0, 0.1) is 0 Å². The number of hydrogen-bond donors (Lipinski definition) is 0. The van der Waals surface area contributed by atoms with Crippen LogP contribution in [0.1, 0.15) is 54.8 Å². The zero-order valence-electron chi connectivity index (χ0n) is 16.8. The van der Waals surface area contributed by atoms with Gasteiger partial charge in [-0.25, -0.2) is 9.59 Å². The molecule has 2 aromatic carbocycles. The van der Waals surface area contributed by atoms with Crippen LogP contribution in [0.5, 0.6) is 0 Å². The third-order valence-corrected chi connectivity index (χ3v) is 7.68. The van der Waals surface area contributed by atoms with Crippen LogP contribution in [-0.4, -0.2) is 24.1 Å². The molecule has 2 bridgehead atoms. The molecule has 0 spiro atoms. The summed E-state index contributed by atoms with van der Waals surface area (Å²) in [5.74, 6) is -1.18. The van der Waals surface area contributed by atoms with Crippen molar-refractivity contribution in [1.82, 2.24) is 0 Å². The Kier molecular flexibility index (Phi) is 4.70. The van der Waals surface area contributed by atoms with E-state index in [2.05, 4.69) is 24.3 Å². The Hall–Kier alpha value is -3.22. The molecular weight excluding hydrogens is 440 g/mol. The lowest BCUT2D eigenvalue weighted by molar-refractivity contribution is -0.0557. The number of carbonyl (C=O) groups excluding carboxylic acids is 2. The smallest absolute Gasteiger partial charge is 0.339 e. The van der Waals surface area contributed by atoms with Crippen molar-refractivity contribution in [2.45, 2.75) is 24.0 Å². The van der Waals surface area contributed by atoms with Crippen LogP contribution in [0.4, 0.5) is 0 Å². The molecule has 6 heteroatoms. The van der Waals surface area contributed by atoms with Gasteiger partial charge in [0.2, 0.25) is 0 Å². The van der Waals surface area contributed by atoms with Crippen molar-refractivity contribution in [2.24, 2.45) is 0 Å². The van der Waals surface area contributed by atoms with Crippen molar-refractivity contribution in [2.75, 3.05) is 0 Å². The van der Waals surface area contributed by atoms with Crippen molar-refractivity contribution >= 4 is 34.6 Å². The summed E-state index contributed by atoms with van der Waals surface area (Å²) in [6.07, 6.45) is -1.22. The summed E-state index contributed by atoms with van der Waals surface area (Å²) >= 11 is 2.89. The van der Waals surface area contributed by atoms with Crippen LogP contribution < -0.4 is 0 Å². The number of benzene rings is 2. The molecule has 2 unspecified atom stereocenters. The number of carbonyl (C=O) groups is 2. The summed E-state index contributed by atoms with van der Waals surface area (Å²) in [5.41, 5.74) is 5.54. The van der Waals surface area contributed by atoms with Crippen molar-refractivity contribution < 1.29 is 19.1 Å². The zero-order chi connectivity index (χ0) is 21.7. The van der Waals surface area contributed by atoms with Gasteiger partial charge in [0.15, 0.2) is 12.2 Å². The zero-order valence-corrected chi connectivity index (χ0v) is 18.5. The van der Waals surface area contributed by atoms with Crippen LogP contribution in [0.2, 0.25) is 0 Å². The Labute approximate surface area is 193 Å². The summed E-state index contributed by atoms with van der Waals surface area (Å²) in [7, 11) is 0. The molecular formula is C26H18O4S2. The van der Waals surface area contributed by atoms with Gasteiger partial charge in [0, 0.05) is 10.8 Å². The molecule has 0 amide bonds. The Morgan fingerprint density at radius 3 is 1.28 bits per heavy atom. The van der Waals surface area contributed by atoms with E-state index in [-0.39, 0.29) is 11.8 Å². The van der Waals surface area contributed by atoms with E-state index in [0.29, 0.717) is 11.1 Å². The largest absolute Gasteiger partial charge is 0.454 e. The van der Waals surface area contributed by atoms with Crippen molar-refractivity contribution in [3.8, 4) is 0 Å². The molecule has 0 N–H and O–H groups in total. The van der Waals surface area contributed by atoms with Gasteiger partial charge in [0.1, 0.15) is 0 Å². The molecule has 2 heterocycles. The lowest BCUT2D eigenvalue weighted by Gasteiger charge is -2.48. The Bertz CT molecular complexity index is 1150. The van der Waals surface area contributed by atoms with Crippen LogP contribution in [0.15, 0.2) is 82.2 Å². The van der Waals surface area contributed by atoms with E-state index >= 15 is 0 Å². The Morgan fingerprint density at radius 2 is 0.969 bits per heavy atom. The molecule has 158 valence electrons. The van der Waals surface area contributed by atoms with Gasteiger partial charge in [-0.15, -0.1) is 0 Å². The lowest BCUT2D eigenvalue weighted by Crippen LogP contribution is -2.51. The number of ether oxygens (including phenoxy) is 2. The van der Waals surface area contributed by atoms with Crippen molar-refractivity contribution in [3.63, 3.8) is 0 Å². The highest BCUT2D eigenvalue weighted by molar-refractivity contribution is 7.08. The second kappa shape index (κ2) is 7.73. The lowest BCUT2D eigenvalue weighted by atomic mass is 9.61. The molecule has 0 fully saturated rings. The summed E-state index contributed by atoms with van der Waals surface area (Å²) in [6.45, 7) is 0. The first-order chi connectivity index (χ1) is 15.7. The van der Waals surface area contributed by atoms with Gasteiger partial charge in [0.05, 0.1) is 23.0 Å². The van der Waals surface area contributed by atoms with Crippen molar-refractivity contribution in [1.29, 1.82) is 0 Å². The highest BCUT2D eigenvalue weighted by Gasteiger charge is 2.53. The molecule has 0 radical (unpaired) electrons. The minimum absolute atomic E-state index is 0.199.